The summed E-state index contributed by atoms with van der Waals surface area (Å²) in [6, 6.07) is 5.65. The van der Waals surface area contributed by atoms with E-state index >= 15 is 0 Å². The molecule has 0 saturated heterocycles. The molecule has 3 rings (SSSR count). The van der Waals surface area contributed by atoms with Crippen molar-refractivity contribution in [2.24, 2.45) is 5.92 Å². The number of methoxy groups -OCH3 is 1. The fourth-order valence-electron chi connectivity index (χ4n) is 3.19. The van der Waals surface area contributed by atoms with Crippen molar-refractivity contribution in [2.75, 3.05) is 20.3 Å². The van der Waals surface area contributed by atoms with Crippen LogP contribution in [0, 0.1) is 5.92 Å². The Morgan fingerprint density at radius 3 is 2.92 bits per heavy atom. The molecular formula is C18H25N3O3. The Hall–Kier alpha value is -2.21. The lowest BCUT2D eigenvalue weighted by Crippen LogP contribution is -2.54. The van der Waals surface area contributed by atoms with Gasteiger partial charge in [0.25, 0.3) is 0 Å². The van der Waals surface area contributed by atoms with Crippen LogP contribution in [0.2, 0.25) is 0 Å². The third kappa shape index (κ3) is 3.33. The summed E-state index contributed by atoms with van der Waals surface area (Å²) in [5.74, 6) is 1.21. The summed E-state index contributed by atoms with van der Waals surface area (Å²) >= 11 is 0. The first kappa shape index (κ1) is 16.6. The van der Waals surface area contributed by atoms with E-state index in [4.69, 9.17) is 4.74 Å². The van der Waals surface area contributed by atoms with Crippen LogP contribution in [0.25, 0.3) is 10.9 Å². The van der Waals surface area contributed by atoms with E-state index in [0.29, 0.717) is 18.9 Å². The Bertz CT molecular complexity index is 723. The van der Waals surface area contributed by atoms with Gasteiger partial charge in [-0.2, -0.15) is 0 Å². The highest BCUT2D eigenvalue weighted by Gasteiger charge is 2.42. The summed E-state index contributed by atoms with van der Waals surface area (Å²) in [6.45, 7) is 2.38. The highest BCUT2D eigenvalue weighted by Crippen LogP contribution is 2.39. The van der Waals surface area contributed by atoms with Crippen LogP contribution in [-0.2, 0) is 6.42 Å². The van der Waals surface area contributed by atoms with Crippen molar-refractivity contribution in [1.29, 1.82) is 0 Å². The second-order valence-electron chi connectivity index (χ2n) is 6.68. The Balaban J connectivity index is 1.58. The molecule has 1 unspecified atom stereocenters. The maximum atomic E-state index is 12.1. The molecule has 0 aliphatic heterocycles. The van der Waals surface area contributed by atoms with Crippen LogP contribution in [0.3, 0.4) is 0 Å². The second kappa shape index (κ2) is 6.73. The highest BCUT2D eigenvalue weighted by atomic mass is 16.5. The minimum absolute atomic E-state index is 0.0370. The molecule has 2 aromatic rings. The average Bonchev–Trinajstić information content (AvgIpc) is 3.37. The molecule has 1 aliphatic carbocycles. The predicted octanol–water partition coefficient (Wildman–Crippen LogP) is 2.18. The number of urea groups is 1. The molecule has 1 aliphatic rings. The number of fused-ring (bicyclic) bond motifs is 1. The maximum absolute atomic E-state index is 12.1. The number of aromatic amines is 1. The van der Waals surface area contributed by atoms with Gasteiger partial charge < -0.3 is 25.5 Å². The van der Waals surface area contributed by atoms with Crippen LogP contribution < -0.4 is 15.4 Å². The fourth-order valence-corrected chi connectivity index (χ4v) is 3.19. The molecule has 0 spiro atoms. The normalized spacial score (nSPS) is 16.6. The number of hydrogen-bond acceptors (Lipinski definition) is 3. The number of rotatable bonds is 7. The summed E-state index contributed by atoms with van der Waals surface area (Å²) in [6.07, 6.45) is 4.78. The van der Waals surface area contributed by atoms with Gasteiger partial charge in [0, 0.05) is 23.6 Å². The summed E-state index contributed by atoms with van der Waals surface area (Å²) in [4.78, 5) is 15.3. The van der Waals surface area contributed by atoms with E-state index in [1.54, 1.807) is 7.11 Å². The molecule has 130 valence electrons. The SMILES string of the molecule is COc1cccc2[nH]cc(CCNC(=O)NC(C)(CO)C3CC3)c12. The van der Waals surface area contributed by atoms with E-state index < -0.39 is 5.54 Å². The molecule has 1 heterocycles. The highest BCUT2D eigenvalue weighted by molar-refractivity contribution is 5.89. The van der Waals surface area contributed by atoms with Crippen molar-refractivity contribution in [3.05, 3.63) is 30.0 Å². The van der Waals surface area contributed by atoms with Crippen molar-refractivity contribution in [1.82, 2.24) is 15.6 Å². The quantitative estimate of drug-likeness (QED) is 0.627. The number of aliphatic hydroxyl groups is 1. The van der Waals surface area contributed by atoms with E-state index in [2.05, 4.69) is 15.6 Å². The zero-order chi connectivity index (χ0) is 17.2. The van der Waals surface area contributed by atoms with E-state index in [0.717, 1.165) is 35.1 Å². The molecule has 0 radical (unpaired) electrons. The number of nitrogens with one attached hydrogen (secondary N) is 3. The number of benzene rings is 1. The second-order valence-corrected chi connectivity index (χ2v) is 6.68. The van der Waals surface area contributed by atoms with Crippen LogP contribution in [-0.4, -0.2) is 41.9 Å². The first-order chi connectivity index (χ1) is 11.6. The molecule has 0 bridgehead atoms. The first-order valence-electron chi connectivity index (χ1n) is 8.37. The number of carbonyl (C=O) groups excluding carboxylic acids is 1. The summed E-state index contributed by atoms with van der Waals surface area (Å²) in [5.41, 5.74) is 1.61. The lowest BCUT2D eigenvalue weighted by atomic mass is 9.97. The Morgan fingerprint density at radius 1 is 1.46 bits per heavy atom. The number of aliphatic hydroxyl groups excluding tert-OH is 1. The Labute approximate surface area is 141 Å². The van der Waals surface area contributed by atoms with Crippen LogP contribution in [0.15, 0.2) is 24.4 Å². The number of hydrogen-bond donors (Lipinski definition) is 4. The lowest BCUT2D eigenvalue weighted by molar-refractivity contribution is 0.155. The Kier molecular flexibility index (Phi) is 4.66. The van der Waals surface area contributed by atoms with Gasteiger partial charge in [0.05, 0.1) is 19.3 Å². The molecule has 1 aromatic carbocycles. The number of H-pyrrole nitrogens is 1. The Morgan fingerprint density at radius 2 is 2.25 bits per heavy atom. The van der Waals surface area contributed by atoms with Gasteiger partial charge in [0.1, 0.15) is 5.75 Å². The van der Waals surface area contributed by atoms with Gasteiger partial charge in [-0.1, -0.05) is 6.07 Å². The van der Waals surface area contributed by atoms with Crippen molar-refractivity contribution < 1.29 is 14.6 Å². The zero-order valence-electron chi connectivity index (χ0n) is 14.2. The third-order valence-corrected chi connectivity index (χ3v) is 4.85. The molecule has 1 fully saturated rings. The van der Waals surface area contributed by atoms with Gasteiger partial charge >= 0.3 is 6.03 Å². The van der Waals surface area contributed by atoms with Crippen LogP contribution >= 0.6 is 0 Å². The number of ether oxygens (including phenoxy) is 1. The molecular weight excluding hydrogens is 306 g/mol. The van der Waals surface area contributed by atoms with Gasteiger partial charge in [0.2, 0.25) is 0 Å². The van der Waals surface area contributed by atoms with Crippen LogP contribution in [0.1, 0.15) is 25.3 Å². The number of amides is 2. The van der Waals surface area contributed by atoms with Crippen LogP contribution in [0.5, 0.6) is 5.75 Å². The smallest absolute Gasteiger partial charge is 0.315 e. The molecule has 2 amide bonds. The molecule has 1 aromatic heterocycles. The van der Waals surface area contributed by atoms with E-state index in [-0.39, 0.29) is 12.6 Å². The number of aromatic nitrogens is 1. The van der Waals surface area contributed by atoms with Gasteiger partial charge in [-0.3, -0.25) is 0 Å². The van der Waals surface area contributed by atoms with Crippen molar-refractivity contribution in [3.8, 4) is 5.75 Å². The molecule has 24 heavy (non-hydrogen) atoms. The summed E-state index contributed by atoms with van der Waals surface area (Å²) < 4.78 is 5.42. The van der Waals surface area contributed by atoms with Gasteiger partial charge in [0.15, 0.2) is 0 Å². The first-order valence-corrected chi connectivity index (χ1v) is 8.37. The molecule has 1 atom stereocenters. The minimum Gasteiger partial charge on any atom is -0.496 e. The fraction of sp³-hybridized carbons (Fsp3) is 0.500. The van der Waals surface area contributed by atoms with E-state index in [1.165, 1.54) is 0 Å². The van der Waals surface area contributed by atoms with Gasteiger partial charge in [-0.25, -0.2) is 4.79 Å². The van der Waals surface area contributed by atoms with Gasteiger partial charge in [-0.05, 0) is 49.8 Å². The number of carbonyl (C=O) groups is 1. The largest absolute Gasteiger partial charge is 0.496 e. The van der Waals surface area contributed by atoms with E-state index in [9.17, 15) is 9.90 Å². The van der Waals surface area contributed by atoms with Crippen molar-refractivity contribution >= 4 is 16.9 Å². The summed E-state index contributed by atoms with van der Waals surface area (Å²) in [5, 5.41) is 16.4. The van der Waals surface area contributed by atoms with Crippen molar-refractivity contribution in [2.45, 2.75) is 31.7 Å². The third-order valence-electron chi connectivity index (χ3n) is 4.85. The van der Waals surface area contributed by atoms with E-state index in [1.807, 2.05) is 31.3 Å². The average molecular weight is 331 g/mol. The lowest BCUT2D eigenvalue weighted by Gasteiger charge is -2.28. The monoisotopic (exact) mass is 331 g/mol. The maximum Gasteiger partial charge on any atom is 0.315 e. The summed E-state index contributed by atoms with van der Waals surface area (Å²) in [7, 11) is 1.66. The zero-order valence-corrected chi connectivity index (χ0v) is 14.2. The predicted molar refractivity (Wildman–Crippen MR) is 93.3 cm³/mol. The molecule has 4 N–H and O–H groups in total. The van der Waals surface area contributed by atoms with Crippen molar-refractivity contribution in [3.63, 3.8) is 0 Å². The van der Waals surface area contributed by atoms with Gasteiger partial charge in [-0.15, -0.1) is 0 Å². The van der Waals surface area contributed by atoms with Crippen LogP contribution in [0.4, 0.5) is 4.79 Å². The molecule has 6 heteroatoms. The topological polar surface area (TPSA) is 86.4 Å². The molecule has 1 saturated carbocycles. The minimum atomic E-state index is -0.520. The standard InChI is InChI=1S/C18H25N3O3/c1-18(11-22,13-6-7-13)21-17(23)19-9-8-12-10-20-14-4-3-5-15(24-2)16(12)14/h3-5,10,13,20,22H,6-9,11H2,1-2H3,(H2,19,21,23). The molecule has 6 nitrogen and oxygen atoms in total.